The van der Waals surface area contributed by atoms with Crippen molar-refractivity contribution in [3.8, 4) is 11.5 Å². The van der Waals surface area contributed by atoms with Gasteiger partial charge in [-0.2, -0.15) is 0 Å². The highest BCUT2D eigenvalue weighted by molar-refractivity contribution is 5.48. The molecule has 3 nitrogen and oxygen atoms in total. The van der Waals surface area contributed by atoms with Crippen molar-refractivity contribution < 1.29 is 9.47 Å². The fourth-order valence-electron chi connectivity index (χ4n) is 3.73. The summed E-state index contributed by atoms with van der Waals surface area (Å²) in [6.45, 7) is 4.62. The Hall–Kier alpha value is -1.22. The lowest BCUT2D eigenvalue weighted by molar-refractivity contribution is 0.177. The fourth-order valence-corrected chi connectivity index (χ4v) is 3.73. The number of hydrogen-bond acceptors (Lipinski definition) is 3. The SMILES string of the molecule is COc1cc2c(cc1OC)CN([C@H]1CC[C@H](C)C1)CC2. The first-order valence-corrected chi connectivity index (χ1v) is 7.69. The van der Waals surface area contributed by atoms with E-state index in [-0.39, 0.29) is 0 Å². The van der Waals surface area contributed by atoms with E-state index in [9.17, 15) is 0 Å². The minimum absolute atomic E-state index is 0.784. The van der Waals surface area contributed by atoms with Crippen LogP contribution in [0.4, 0.5) is 0 Å². The highest BCUT2D eigenvalue weighted by Gasteiger charge is 2.29. The van der Waals surface area contributed by atoms with Crippen LogP contribution in [0.3, 0.4) is 0 Å². The van der Waals surface area contributed by atoms with Crippen LogP contribution >= 0.6 is 0 Å². The van der Waals surface area contributed by atoms with E-state index >= 15 is 0 Å². The molecule has 2 aliphatic rings. The Bertz CT molecular complexity index is 486. The van der Waals surface area contributed by atoms with Gasteiger partial charge in [0.1, 0.15) is 0 Å². The zero-order valence-corrected chi connectivity index (χ0v) is 12.8. The van der Waals surface area contributed by atoms with Gasteiger partial charge in [0.15, 0.2) is 11.5 Å². The molecule has 0 N–H and O–H groups in total. The first-order valence-electron chi connectivity index (χ1n) is 7.69. The summed E-state index contributed by atoms with van der Waals surface area (Å²) in [4.78, 5) is 2.66. The maximum absolute atomic E-state index is 5.44. The van der Waals surface area contributed by atoms with Crippen LogP contribution < -0.4 is 9.47 Å². The fraction of sp³-hybridized carbons (Fsp3) is 0.647. The molecule has 0 unspecified atom stereocenters. The molecule has 0 aromatic heterocycles. The third-order valence-corrected chi connectivity index (χ3v) is 4.93. The van der Waals surface area contributed by atoms with Crippen LogP contribution in [0.2, 0.25) is 0 Å². The van der Waals surface area contributed by atoms with Gasteiger partial charge in [0.05, 0.1) is 14.2 Å². The van der Waals surface area contributed by atoms with Gasteiger partial charge in [-0.1, -0.05) is 6.92 Å². The van der Waals surface area contributed by atoms with Crippen LogP contribution in [-0.4, -0.2) is 31.7 Å². The zero-order chi connectivity index (χ0) is 14.1. The third kappa shape index (κ3) is 2.51. The number of rotatable bonds is 3. The molecule has 1 aliphatic carbocycles. The summed E-state index contributed by atoms with van der Waals surface area (Å²) in [5, 5.41) is 0. The van der Waals surface area contributed by atoms with E-state index < -0.39 is 0 Å². The molecule has 1 fully saturated rings. The van der Waals surface area contributed by atoms with Crippen molar-refractivity contribution in [3.63, 3.8) is 0 Å². The highest BCUT2D eigenvalue weighted by atomic mass is 16.5. The van der Waals surface area contributed by atoms with Gasteiger partial charge in [0.25, 0.3) is 0 Å². The molecule has 110 valence electrons. The first kappa shape index (κ1) is 13.7. The minimum atomic E-state index is 0.784. The third-order valence-electron chi connectivity index (χ3n) is 4.93. The lowest BCUT2D eigenvalue weighted by Gasteiger charge is -2.34. The standard InChI is InChI=1S/C17H25NO2/c1-12-4-5-15(8-12)18-7-6-13-9-16(19-2)17(20-3)10-14(13)11-18/h9-10,12,15H,4-8,11H2,1-3H3/t12-,15-/m0/s1. The Morgan fingerprint density at radius 1 is 1.05 bits per heavy atom. The molecule has 0 spiro atoms. The Labute approximate surface area is 121 Å². The monoisotopic (exact) mass is 275 g/mol. The summed E-state index contributed by atoms with van der Waals surface area (Å²) >= 11 is 0. The summed E-state index contributed by atoms with van der Waals surface area (Å²) in [7, 11) is 3.42. The van der Waals surface area contributed by atoms with Gasteiger partial charge in [0.2, 0.25) is 0 Å². The largest absolute Gasteiger partial charge is 0.493 e. The van der Waals surface area contributed by atoms with E-state index in [4.69, 9.17) is 9.47 Å². The molecular formula is C17H25NO2. The maximum atomic E-state index is 5.44. The second-order valence-corrected chi connectivity index (χ2v) is 6.27. The quantitative estimate of drug-likeness (QED) is 0.845. The van der Waals surface area contributed by atoms with Crippen LogP contribution in [0.1, 0.15) is 37.3 Å². The molecule has 0 saturated heterocycles. The maximum Gasteiger partial charge on any atom is 0.161 e. The number of fused-ring (bicyclic) bond motifs is 1. The molecule has 1 aliphatic heterocycles. The number of ether oxygens (including phenoxy) is 2. The van der Waals surface area contributed by atoms with Crippen molar-refractivity contribution in [2.45, 2.75) is 45.2 Å². The molecule has 1 aromatic carbocycles. The van der Waals surface area contributed by atoms with Crippen LogP contribution in [0, 0.1) is 5.92 Å². The molecule has 2 atom stereocenters. The van der Waals surface area contributed by atoms with Gasteiger partial charge < -0.3 is 9.47 Å². The average molecular weight is 275 g/mol. The first-order chi connectivity index (χ1) is 9.71. The van der Waals surface area contributed by atoms with Crippen molar-refractivity contribution in [3.05, 3.63) is 23.3 Å². The topological polar surface area (TPSA) is 21.7 Å². The van der Waals surface area contributed by atoms with E-state index in [0.717, 1.165) is 36.4 Å². The van der Waals surface area contributed by atoms with Crippen LogP contribution in [-0.2, 0) is 13.0 Å². The Morgan fingerprint density at radius 2 is 1.75 bits per heavy atom. The number of methoxy groups -OCH3 is 2. The number of benzene rings is 1. The summed E-state index contributed by atoms with van der Waals surface area (Å²) in [5.41, 5.74) is 2.83. The molecule has 1 heterocycles. The molecule has 1 aromatic rings. The van der Waals surface area contributed by atoms with Gasteiger partial charge >= 0.3 is 0 Å². The van der Waals surface area contributed by atoms with Crippen molar-refractivity contribution in [2.24, 2.45) is 5.92 Å². The van der Waals surface area contributed by atoms with Gasteiger partial charge in [-0.25, -0.2) is 0 Å². The molecule has 0 bridgehead atoms. The van der Waals surface area contributed by atoms with Crippen LogP contribution in [0.5, 0.6) is 11.5 Å². The predicted molar refractivity (Wildman–Crippen MR) is 80.5 cm³/mol. The van der Waals surface area contributed by atoms with E-state index in [1.807, 2.05) is 0 Å². The summed E-state index contributed by atoms with van der Waals surface area (Å²) in [5.74, 6) is 2.61. The van der Waals surface area contributed by atoms with Crippen molar-refractivity contribution in [1.82, 2.24) is 4.90 Å². The molecular weight excluding hydrogens is 250 g/mol. The summed E-state index contributed by atoms with van der Waals surface area (Å²) in [6.07, 6.45) is 5.24. The van der Waals surface area contributed by atoms with E-state index in [1.54, 1.807) is 14.2 Å². The Morgan fingerprint density at radius 3 is 2.35 bits per heavy atom. The van der Waals surface area contributed by atoms with Crippen LogP contribution in [0.25, 0.3) is 0 Å². The lowest BCUT2D eigenvalue weighted by atomic mass is 9.97. The molecule has 20 heavy (non-hydrogen) atoms. The van der Waals surface area contributed by atoms with Crippen molar-refractivity contribution in [1.29, 1.82) is 0 Å². The number of nitrogens with zero attached hydrogens (tertiary/aromatic N) is 1. The van der Waals surface area contributed by atoms with E-state index in [2.05, 4.69) is 24.0 Å². The zero-order valence-electron chi connectivity index (χ0n) is 12.8. The normalized spacial score (nSPS) is 26.4. The minimum Gasteiger partial charge on any atom is -0.493 e. The van der Waals surface area contributed by atoms with Crippen LogP contribution in [0.15, 0.2) is 12.1 Å². The average Bonchev–Trinajstić information content (AvgIpc) is 2.91. The Kier molecular flexibility index (Phi) is 3.88. The van der Waals surface area contributed by atoms with Gasteiger partial charge in [-0.05, 0) is 54.9 Å². The molecule has 0 radical (unpaired) electrons. The highest BCUT2D eigenvalue weighted by Crippen LogP contribution is 2.36. The van der Waals surface area contributed by atoms with Crippen molar-refractivity contribution >= 4 is 0 Å². The van der Waals surface area contributed by atoms with Gasteiger partial charge in [0, 0.05) is 19.1 Å². The predicted octanol–water partition coefficient (Wildman–Crippen LogP) is 3.25. The molecule has 3 heteroatoms. The van der Waals surface area contributed by atoms with E-state index in [1.165, 1.54) is 36.9 Å². The smallest absolute Gasteiger partial charge is 0.161 e. The summed E-state index contributed by atoms with van der Waals surface area (Å²) < 4.78 is 10.8. The molecule has 1 saturated carbocycles. The van der Waals surface area contributed by atoms with Gasteiger partial charge in [-0.15, -0.1) is 0 Å². The van der Waals surface area contributed by atoms with E-state index in [0.29, 0.717) is 0 Å². The van der Waals surface area contributed by atoms with Crippen molar-refractivity contribution in [2.75, 3.05) is 20.8 Å². The molecule has 3 rings (SSSR count). The Balaban J connectivity index is 1.80. The van der Waals surface area contributed by atoms with Gasteiger partial charge in [-0.3, -0.25) is 4.90 Å². The number of hydrogen-bond donors (Lipinski definition) is 0. The summed E-state index contributed by atoms with van der Waals surface area (Å²) in [6, 6.07) is 5.10. The second kappa shape index (κ2) is 5.65. The second-order valence-electron chi connectivity index (χ2n) is 6.27. The molecule has 0 amide bonds. The lowest BCUT2D eigenvalue weighted by Crippen LogP contribution is -2.37.